The molecule has 0 saturated carbocycles. The summed E-state index contributed by atoms with van der Waals surface area (Å²) in [6.45, 7) is 4.52. The Morgan fingerprint density at radius 2 is 2.18 bits per heavy atom. The zero-order valence-corrected chi connectivity index (χ0v) is 10.5. The van der Waals surface area contributed by atoms with E-state index >= 15 is 0 Å². The van der Waals surface area contributed by atoms with E-state index in [0.29, 0.717) is 13.0 Å². The van der Waals surface area contributed by atoms with Crippen LogP contribution in [0.2, 0.25) is 0 Å². The number of carbonyl (C=O) groups excluding carboxylic acids is 1. The highest BCUT2D eigenvalue weighted by Gasteiger charge is 2.30. The fraction of sp³-hybridized carbons (Fsp3) is 0.833. The number of piperidine rings is 1. The van der Waals surface area contributed by atoms with E-state index in [1.165, 1.54) is 0 Å². The third-order valence-electron chi connectivity index (χ3n) is 3.14. The van der Waals surface area contributed by atoms with Crippen LogP contribution in [0.25, 0.3) is 0 Å². The van der Waals surface area contributed by atoms with Crippen molar-refractivity contribution >= 4 is 11.9 Å². The maximum atomic E-state index is 11.6. The molecule has 1 fully saturated rings. The second-order valence-electron chi connectivity index (χ2n) is 4.53. The van der Waals surface area contributed by atoms with Crippen LogP contribution in [-0.2, 0) is 14.3 Å². The summed E-state index contributed by atoms with van der Waals surface area (Å²) in [5.41, 5.74) is 0. The van der Waals surface area contributed by atoms with Gasteiger partial charge in [-0.2, -0.15) is 0 Å². The van der Waals surface area contributed by atoms with E-state index in [2.05, 4.69) is 0 Å². The summed E-state index contributed by atoms with van der Waals surface area (Å²) in [5.74, 6) is -1.17. The summed E-state index contributed by atoms with van der Waals surface area (Å²) in [4.78, 5) is 24.3. The number of carboxylic acids is 1. The molecule has 1 rings (SSSR count). The first-order valence-corrected chi connectivity index (χ1v) is 6.21. The molecule has 1 aliphatic heterocycles. The van der Waals surface area contributed by atoms with Crippen LogP contribution in [0, 0.1) is 0 Å². The molecule has 1 N–H and O–H groups in total. The van der Waals surface area contributed by atoms with Gasteiger partial charge in [0.15, 0.2) is 0 Å². The Morgan fingerprint density at radius 1 is 1.47 bits per heavy atom. The smallest absolute Gasteiger partial charge is 0.320 e. The Labute approximate surface area is 102 Å². The van der Waals surface area contributed by atoms with Gasteiger partial charge >= 0.3 is 11.9 Å². The van der Waals surface area contributed by atoms with E-state index in [0.717, 1.165) is 19.3 Å². The molecule has 98 valence electrons. The highest BCUT2D eigenvalue weighted by atomic mass is 16.5. The van der Waals surface area contributed by atoms with E-state index < -0.39 is 12.0 Å². The van der Waals surface area contributed by atoms with E-state index in [1.54, 1.807) is 4.90 Å². The standard InChI is InChI=1S/C12H21NO4/c1-3-9(2)17-11(14)8-13-7-5-4-6-10(13)12(15)16/h9-10H,3-8H2,1-2H3,(H,15,16). The number of rotatable bonds is 5. The first-order valence-electron chi connectivity index (χ1n) is 6.21. The van der Waals surface area contributed by atoms with Gasteiger partial charge in [0.1, 0.15) is 6.04 Å². The van der Waals surface area contributed by atoms with Gasteiger partial charge in [-0.3, -0.25) is 14.5 Å². The molecule has 5 heteroatoms. The molecule has 2 atom stereocenters. The van der Waals surface area contributed by atoms with Gasteiger partial charge in [0, 0.05) is 0 Å². The molecule has 0 bridgehead atoms. The van der Waals surface area contributed by atoms with Crippen LogP contribution in [-0.4, -0.2) is 47.2 Å². The monoisotopic (exact) mass is 243 g/mol. The molecule has 0 aromatic carbocycles. The molecular formula is C12H21NO4. The summed E-state index contributed by atoms with van der Waals surface area (Å²) >= 11 is 0. The van der Waals surface area contributed by atoms with Crippen LogP contribution >= 0.6 is 0 Å². The zero-order chi connectivity index (χ0) is 12.8. The number of hydrogen-bond donors (Lipinski definition) is 1. The first kappa shape index (κ1) is 14.0. The number of carboxylic acid groups (broad SMARTS) is 1. The minimum absolute atomic E-state index is 0.0846. The van der Waals surface area contributed by atoms with Crippen LogP contribution in [0.3, 0.4) is 0 Å². The minimum Gasteiger partial charge on any atom is -0.480 e. The highest BCUT2D eigenvalue weighted by molar-refractivity contribution is 5.76. The molecule has 0 amide bonds. The SMILES string of the molecule is CCC(C)OC(=O)CN1CCCCC1C(=O)O. The molecule has 0 spiro atoms. The molecule has 1 heterocycles. The van der Waals surface area contributed by atoms with Gasteiger partial charge in [0.25, 0.3) is 0 Å². The topological polar surface area (TPSA) is 66.8 Å². The Morgan fingerprint density at radius 3 is 2.76 bits per heavy atom. The molecule has 5 nitrogen and oxygen atoms in total. The Hall–Kier alpha value is -1.10. The summed E-state index contributed by atoms with van der Waals surface area (Å²) in [5, 5.41) is 9.06. The first-order chi connectivity index (χ1) is 8.04. The van der Waals surface area contributed by atoms with E-state index in [-0.39, 0.29) is 18.6 Å². The highest BCUT2D eigenvalue weighted by Crippen LogP contribution is 2.17. The summed E-state index contributed by atoms with van der Waals surface area (Å²) in [7, 11) is 0. The van der Waals surface area contributed by atoms with Crippen molar-refractivity contribution in [3.05, 3.63) is 0 Å². The van der Waals surface area contributed by atoms with Gasteiger partial charge in [-0.05, 0) is 32.7 Å². The van der Waals surface area contributed by atoms with Crippen LogP contribution in [0.4, 0.5) is 0 Å². The van der Waals surface area contributed by atoms with Gasteiger partial charge in [0.2, 0.25) is 0 Å². The normalized spacial score (nSPS) is 23.1. The van der Waals surface area contributed by atoms with Crippen molar-refractivity contribution in [1.82, 2.24) is 4.90 Å². The van der Waals surface area contributed by atoms with Crippen molar-refractivity contribution < 1.29 is 19.4 Å². The Balaban J connectivity index is 2.47. The van der Waals surface area contributed by atoms with Crippen LogP contribution in [0.5, 0.6) is 0 Å². The van der Waals surface area contributed by atoms with Crippen LogP contribution in [0.15, 0.2) is 0 Å². The second-order valence-corrected chi connectivity index (χ2v) is 4.53. The third kappa shape index (κ3) is 4.34. The van der Waals surface area contributed by atoms with Gasteiger partial charge in [-0.15, -0.1) is 0 Å². The maximum Gasteiger partial charge on any atom is 0.320 e. The molecule has 17 heavy (non-hydrogen) atoms. The quantitative estimate of drug-likeness (QED) is 0.736. The summed E-state index contributed by atoms with van der Waals surface area (Å²) in [6, 6.07) is -0.534. The molecule has 1 aliphatic rings. The van der Waals surface area contributed by atoms with Gasteiger partial charge in [-0.25, -0.2) is 0 Å². The largest absolute Gasteiger partial charge is 0.480 e. The van der Waals surface area contributed by atoms with Gasteiger partial charge < -0.3 is 9.84 Å². The van der Waals surface area contributed by atoms with E-state index in [4.69, 9.17) is 9.84 Å². The number of likely N-dealkylation sites (tertiary alicyclic amines) is 1. The molecule has 0 aromatic rings. The zero-order valence-electron chi connectivity index (χ0n) is 10.5. The fourth-order valence-electron chi connectivity index (χ4n) is 1.97. The maximum absolute atomic E-state index is 11.6. The predicted octanol–water partition coefficient (Wildman–Crippen LogP) is 1.27. The van der Waals surface area contributed by atoms with Crippen molar-refractivity contribution in [2.24, 2.45) is 0 Å². The lowest BCUT2D eigenvalue weighted by Gasteiger charge is -2.32. The van der Waals surface area contributed by atoms with Gasteiger partial charge in [0.05, 0.1) is 12.6 Å². The number of esters is 1. The molecular weight excluding hydrogens is 222 g/mol. The molecule has 1 saturated heterocycles. The van der Waals surface area contributed by atoms with E-state index in [9.17, 15) is 9.59 Å². The lowest BCUT2D eigenvalue weighted by atomic mass is 10.0. The summed E-state index contributed by atoms with van der Waals surface area (Å²) in [6.07, 6.45) is 3.14. The number of nitrogens with zero attached hydrogens (tertiary/aromatic N) is 1. The predicted molar refractivity (Wildman–Crippen MR) is 62.7 cm³/mol. The average Bonchev–Trinajstić information content (AvgIpc) is 2.29. The molecule has 2 unspecified atom stereocenters. The number of ether oxygens (including phenoxy) is 1. The minimum atomic E-state index is -0.846. The van der Waals surface area contributed by atoms with Crippen molar-refractivity contribution in [3.63, 3.8) is 0 Å². The second kappa shape index (κ2) is 6.59. The van der Waals surface area contributed by atoms with Crippen molar-refractivity contribution in [1.29, 1.82) is 0 Å². The summed E-state index contributed by atoms with van der Waals surface area (Å²) < 4.78 is 5.16. The molecule has 0 aromatic heterocycles. The third-order valence-corrected chi connectivity index (χ3v) is 3.14. The molecule has 0 radical (unpaired) electrons. The fourth-order valence-corrected chi connectivity index (χ4v) is 1.97. The van der Waals surface area contributed by atoms with Crippen LogP contribution in [0.1, 0.15) is 39.5 Å². The van der Waals surface area contributed by atoms with Gasteiger partial charge in [-0.1, -0.05) is 13.3 Å². The number of aliphatic carboxylic acids is 1. The Bertz CT molecular complexity index is 280. The number of hydrogen-bond acceptors (Lipinski definition) is 4. The lowest BCUT2D eigenvalue weighted by molar-refractivity contribution is -0.153. The van der Waals surface area contributed by atoms with Crippen LogP contribution < -0.4 is 0 Å². The van der Waals surface area contributed by atoms with E-state index in [1.807, 2.05) is 13.8 Å². The van der Waals surface area contributed by atoms with Crippen molar-refractivity contribution in [2.45, 2.75) is 51.7 Å². The van der Waals surface area contributed by atoms with Crippen molar-refractivity contribution in [2.75, 3.05) is 13.1 Å². The molecule has 0 aliphatic carbocycles. The lowest BCUT2D eigenvalue weighted by Crippen LogP contribution is -2.47. The van der Waals surface area contributed by atoms with Crippen molar-refractivity contribution in [3.8, 4) is 0 Å². The number of carbonyl (C=O) groups is 2. The average molecular weight is 243 g/mol. The Kier molecular flexibility index (Phi) is 5.41.